The number of hydrogen-bond donors (Lipinski definition) is 2. The first-order chi connectivity index (χ1) is 13.5. The predicted molar refractivity (Wildman–Crippen MR) is 112 cm³/mol. The average molecular weight is 373 g/mol. The van der Waals surface area contributed by atoms with E-state index in [-0.39, 0.29) is 11.3 Å². The first-order valence-electron chi connectivity index (χ1n) is 10.4. The Kier molecular flexibility index (Phi) is 4.17. The van der Waals surface area contributed by atoms with Crippen LogP contribution in [0.15, 0.2) is 60.7 Å². The molecule has 0 aliphatic heterocycles. The van der Waals surface area contributed by atoms with E-state index in [1.165, 1.54) is 24.8 Å². The zero-order valence-corrected chi connectivity index (χ0v) is 16.1. The van der Waals surface area contributed by atoms with Crippen molar-refractivity contribution in [3.8, 4) is 0 Å². The Labute approximate surface area is 166 Å². The molecule has 0 saturated heterocycles. The minimum absolute atomic E-state index is 0.124. The van der Waals surface area contributed by atoms with Gasteiger partial charge in [0, 0.05) is 11.8 Å². The smallest absolute Gasteiger partial charge is 0.248 e. The van der Waals surface area contributed by atoms with Crippen LogP contribution in [0.2, 0.25) is 0 Å². The number of amides is 1. The SMILES string of the molecule is O=C(C=Cc1ccccc1)Nc1ccc(C23CC4CC(CC(O)(C4)C2)C3)cc1. The van der Waals surface area contributed by atoms with Gasteiger partial charge in [-0.3, -0.25) is 4.79 Å². The third-order valence-corrected chi connectivity index (χ3v) is 7.02. The molecule has 0 radical (unpaired) electrons. The molecule has 2 aromatic rings. The summed E-state index contributed by atoms with van der Waals surface area (Å²) in [6.45, 7) is 0. The summed E-state index contributed by atoms with van der Waals surface area (Å²) in [5, 5.41) is 13.9. The maximum Gasteiger partial charge on any atom is 0.248 e. The normalized spacial score (nSPS) is 33.3. The second kappa shape index (κ2) is 6.59. The standard InChI is InChI=1S/C25H27NO2/c27-23(11-6-18-4-2-1-3-5-18)26-22-9-7-21(8-10-22)24-13-19-12-20(14-24)16-25(28,15-19)17-24/h1-11,19-20,28H,12-17H2,(H,26,27). The summed E-state index contributed by atoms with van der Waals surface area (Å²) in [4.78, 5) is 12.2. The molecule has 6 rings (SSSR count). The van der Waals surface area contributed by atoms with Gasteiger partial charge in [-0.1, -0.05) is 42.5 Å². The van der Waals surface area contributed by atoms with E-state index in [1.807, 2.05) is 48.5 Å². The van der Waals surface area contributed by atoms with Gasteiger partial charge in [0.15, 0.2) is 0 Å². The highest BCUT2D eigenvalue weighted by Crippen LogP contribution is 2.62. The molecule has 3 nitrogen and oxygen atoms in total. The molecule has 3 heteroatoms. The first-order valence-corrected chi connectivity index (χ1v) is 10.4. The van der Waals surface area contributed by atoms with E-state index in [4.69, 9.17) is 0 Å². The van der Waals surface area contributed by atoms with E-state index in [0.29, 0.717) is 11.8 Å². The van der Waals surface area contributed by atoms with E-state index in [9.17, 15) is 9.90 Å². The Balaban J connectivity index is 1.29. The Hall–Kier alpha value is -2.39. The molecule has 28 heavy (non-hydrogen) atoms. The minimum atomic E-state index is -0.445. The van der Waals surface area contributed by atoms with Crippen LogP contribution in [0.3, 0.4) is 0 Å². The van der Waals surface area contributed by atoms with Gasteiger partial charge in [-0.2, -0.15) is 0 Å². The lowest BCUT2D eigenvalue weighted by molar-refractivity contribution is -0.137. The summed E-state index contributed by atoms with van der Waals surface area (Å²) >= 11 is 0. The van der Waals surface area contributed by atoms with Gasteiger partial charge in [0.1, 0.15) is 0 Å². The molecule has 1 amide bonds. The van der Waals surface area contributed by atoms with Crippen molar-refractivity contribution in [2.45, 2.75) is 49.5 Å². The topological polar surface area (TPSA) is 49.3 Å². The van der Waals surface area contributed by atoms with Crippen LogP contribution in [-0.2, 0) is 10.2 Å². The fraction of sp³-hybridized carbons (Fsp3) is 0.400. The second-order valence-electron chi connectivity index (χ2n) is 9.28. The van der Waals surface area contributed by atoms with E-state index in [2.05, 4.69) is 17.4 Å². The molecule has 4 bridgehead atoms. The maximum atomic E-state index is 12.2. The third-order valence-electron chi connectivity index (χ3n) is 7.02. The van der Waals surface area contributed by atoms with Crippen molar-refractivity contribution >= 4 is 17.7 Å². The minimum Gasteiger partial charge on any atom is -0.390 e. The van der Waals surface area contributed by atoms with Crippen LogP contribution in [0.1, 0.15) is 49.7 Å². The molecule has 0 aromatic heterocycles. The average Bonchev–Trinajstić information content (AvgIpc) is 2.66. The van der Waals surface area contributed by atoms with Crippen LogP contribution in [0.5, 0.6) is 0 Å². The van der Waals surface area contributed by atoms with Gasteiger partial charge < -0.3 is 10.4 Å². The molecule has 2 atom stereocenters. The molecular formula is C25H27NO2. The lowest BCUT2D eigenvalue weighted by Crippen LogP contribution is -2.57. The second-order valence-corrected chi connectivity index (χ2v) is 9.28. The largest absolute Gasteiger partial charge is 0.390 e. The highest BCUT2D eigenvalue weighted by molar-refractivity contribution is 6.01. The number of carbonyl (C=O) groups is 1. The molecule has 4 fully saturated rings. The van der Waals surface area contributed by atoms with E-state index in [1.54, 1.807) is 6.08 Å². The van der Waals surface area contributed by atoms with Gasteiger partial charge in [-0.05, 0) is 85.1 Å². The number of aliphatic hydroxyl groups is 1. The lowest BCUT2D eigenvalue weighted by Gasteiger charge is -2.60. The number of nitrogens with one attached hydrogen (secondary N) is 1. The van der Waals surface area contributed by atoms with Gasteiger partial charge in [-0.25, -0.2) is 0 Å². The predicted octanol–water partition coefficient (Wildman–Crippen LogP) is 4.92. The molecule has 2 aromatic carbocycles. The van der Waals surface area contributed by atoms with Crippen molar-refractivity contribution in [1.82, 2.24) is 0 Å². The molecular weight excluding hydrogens is 346 g/mol. The summed E-state index contributed by atoms with van der Waals surface area (Å²) < 4.78 is 0. The number of hydrogen-bond acceptors (Lipinski definition) is 2. The van der Waals surface area contributed by atoms with E-state index < -0.39 is 5.60 Å². The van der Waals surface area contributed by atoms with E-state index >= 15 is 0 Å². The summed E-state index contributed by atoms with van der Waals surface area (Å²) in [7, 11) is 0. The van der Waals surface area contributed by atoms with Gasteiger partial charge in [-0.15, -0.1) is 0 Å². The molecule has 0 heterocycles. The number of rotatable bonds is 4. The van der Waals surface area contributed by atoms with Crippen LogP contribution in [0.25, 0.3) is 6.08 Å². The molecule has 4 aliphatic rings. The van der Waals surface area contributed by atoms with Gasteiger partial charge >= 0.3 is 0 Å². The number of carbonyl (C=O) groups excluding carboxylic acids is 1. The monoisotopic (exact) mass is 373 g/mol. The summed E-state index contributed by atoms with van der Waals surface area (Å²) in [5.41, 5.74) is 2.84. The van der Waals surface area contributed by atoms with Crippen molar-refractivity contribution in [2.24, 2.45) is 11.8 Å². The molecule has 4 aliphatic carbocycles. The first kappa shape index (κ1) is 17.7. The maximum absolute atomic E-state index is 12.2. The molecule has 4 saturated carbocycles. The van der Waals surface area contributed by atoms with Gasteiger partial charge in [0.25, 0.3) is 0 Å². The van der Waals surface area contributed by atoms with Crippen molar-refractivity contribution < 1.29 is 9.90 Å². The van der Waals surface area contributed by atoms with Crippen molar-refractivity contribution in [3.05, 3.63) is 71.8 Å². The fourth-order valence-corrected chi connectivity index (χ4v) is 6.38. The van der Waals surface area contributed by atoms with Crippen LogP contribution >= 0.6 is 0 Å². The number of benzene rings is 2. The van der Waals surface area contributed by atoms with Crippen LogP contribution in [-0.4, -0.2) is 16.6 Å². The highest BCUT2D eigenvalue weighted by Gasteiger charge is 2.57. The van der Waals surface area contributed by atoms with Crippen LogP contribution in [0, 0.1) is 11.8 Å². The molecule has 2 unspecified atom stereocenters. The Morgan fingerprint density at radius 3 is 2.29 bits per heavy atom. The zero-order valence-electron chi connectivity index (χ0n) is 16.1. The van der Waals surface area contributed by atoms with Crippen LogP contribution < -0.4 is 5.32 Å². The zero-order chi connectivity index (χ0) is 19.2. The summed E-state index contributed by atoms with van der Waals surface area (Å²) in [5.74, 6) is 1.23. The Morgan fingerprint density at radius 1 is 0.964 bits per heavy atom. The number of anilines is 1. The Morgan fingerprint density at radius 2 is 1.64 bits per heavy atom. The fourth-order valence-electron chi connectivity index (χ4n) is 6.38. The quantitative estimate of drug-likeness (QED) is 0.747. The van der Waals surface area contributed by atoms with Gasteiger partial charge in [0.2, 0.25) is 5.91 Å². The Bertz CT molecular complexity index is 886. The lowest BCUT2D eigenvalue weighted by atomic mass is 9.46. The van der Waals surface area contributed by atoms with Crippen molar-refractivity contribution in [1.29, 1.82) is 0 Å². The van der Waals surface area contributed by atoms with Gasteiger partial charge in [0.05, 0.1) is 5.60 Å². The molecule has 144 valence electrons. The van der Waals surface area contributed by atoms with Crippen molar-refractivity contribution in [2.75, 3.05) is 5.32 Å². The van der Waals surface area contributed by atoms with Crippen molar-refractivity contribution in [3.63, 3.8) is 0 Å². The molecule has 2 N–H and O–H groups in total. The molecule has 0 spiro atoms. The summed E-state index contributed by atoms with van der Waals surface area (Å²) in [6.07, 6.45) is 9.98. The van der Waals surface area contributed by atoms with Crippen LogP contribution in [0.4, 0.5) is 5.69 Å². The highest BCUT2D eigenvalue weighted by atomic mass is 16.3. The third kappa shape index (κ3) is 3.29. The summed E-state index contributed by atoms with van der Waals surface area (Å²) in [6, 6.07) is 18.1. The van der Waals surface area contributed by atoms with E-state index in [0.717, 1.165) is 30.5 Å².